The van der Waals surface area contributed by atoms with Crippen molar-refractivity contribution < 1.29 is 0 Å². The molecule has 0 saturated heterocycles. The predicted molar refractivity (Wildman–Crippen MR) is 171 cm³/mol. The Morgan fingerprint density at radius 1 is 0.528 bits per heavy atom. The molecule has 0 atom stereocenters. The molecule has 0 unspecified atom stereocenters. The molecule has 36 heavy (non-hydrogen) atoms. The van der Waals surface area contributed by atoms with Crippen LogP contribution in [0.5, 0.6) is 0 Å². The van der Waals surface area contributed by atoms with Crippen LogP contribution in [0.15, 0.2) is 48.5 Å². The Morgan fingerprint density at radius 3 is 1.08 bits per heavy atom. The monoisotopic (exact) mass is 529 g/mol. The van der Waals surface area contributed by atoms with E-state index in [4.69, 9.17) is 0 Å². The van der Waals surface area contributed by atoms with Gasteiger partial charge in [-0.05, 0) is 44.9 Å². The van der Waals surface area contributed by atoms with Gasteiger partial charge < -0.3 is 15.5 Å². The summed E-state index contributed by atoms with van der Waals surface area (Å²) in [5.74, 6) is 0. The topological polar surface area (TPSA) is 27.3 Å². The van der Waals surface area contributed by atoms with Crippen LogP contribution in [0.2, 0.25) is 0 Å². The zero-order valence-corrected chi connectivity index (χ0v) is 27.2. The van der Waals surface area contributed by atoms with Crippen molar-refractivity contribution in [3.05, 3.63) is 48.5 Å². The van der Waals surface area contributed by atoms with E-state index < -0.39 is 0 Å². The lowest BCUT2D eigenvalue weighted by atomic mass is 10.2. The van der Waals surface area contributed by atoms with Crippen molar-refractivity contribution in [2.75, 3.05) is 35.2 Å². The van der Waals surface area contributed by atoms with Gasteiger partial charge in [-0.3, -0.25) is 0 Å². The number of hydrogen-bond acceptors (Lipinski definition) is 3. The quantitative estimate of drug-likeness (QED) is 0.333. The highest BCUT2D eigenvalue weighted by molar-refractivity contribution is 7.61. The maximum Gasteiger partial charge on any atom is 0.0644 e. The minimum Gasteiger partial charge on any atom is -0.379 e. The molecule has 2 aromatic rings. The number of rotatable bonds is 8. The van der Waals surface area contributed by atoms with Crippen LogP contribution in [0.1, 0.15) is 83.1 Å². The van der Waals surface area contributed by atoms with Crippen LogP contribution in [-0.2, 0) is 0 Å². The first kappa shape index (κ1) is 30.9. The second-order valence-corrected chi connectivity index (χ2v) is 21.5. The Balaban J connectivity index is 2.33. The number of benzene rings is 2. The van der Waals surface area contributed by atoms with Gasteiger partial charge in [0.15, 0.2) is 0 Å². The Morgan fingerprint density at radius 2 is 0.806 bits per heavy atom. The van der Waals surface area contributed by atoms with Gasteiger partial charge in [0, 0.05) is 19.6 Å². The minimum atomic E-state index is -0.234. The van der Waals surface area contributed by atoms with Gasteiger partial charge in [0.2, 0.25) is 0 Å². The number of hydrogen-bond donors (Lipinski definition) is 2. The molecule has 0 spiro atoms. The molecule has 0 heterocycles. The fraction of sp³-hybridized carbons (Fsp3) is 0.613. The third kappa shape index (κ3) is 8.36. The van der Waals surface area contributed by atoms with Gasteiger partial charge >= 0.3 is 0 Å². The van der Waals surface area contributed by atoms with Gasteiger partial charge in [-0.2, -0.15) is 0 Å². The zero-order chi connectivity index (χ0) is 27.5. The average Bonchev–Trinajstić information content (AvgIpc) is 2.70. The molecule has 2 aromatic carbocycles. The Labute approximate surface area is 225 Å². The molecule has 0 saturated carbocycles. The summed E-state index contributed by atoms with van der Waals surface area (Å²) < 4.78 is 0. The molecule has 0 bridgehead atoms. The summed E-state index contributed by atoms with van der Waals surface area (Å²) in [6, 6.07) is 17.5. The van der Waals surface area contributed by atoms with E-state index in [2.05, 4.69) is 154 Å². The first-order chi connectivity index (χ1) is 16.3. The second-order valence-electron chi connectivity index (χ2n) is 13.8. The van der Waals surface area contributed by atoms with Crippen molar-refractivity contribution in [2.24, 2.45) is 0 Å². The molecule has 5 heteroatoms. The Bertz CT molecular complexity index is 867. The predicted octanol–water partition coefficient (Wildman–Crippen LogP) is 10.4. The molecule has 202 valence electrons. The maximum atomic E-state index is 3.86. The maximum absolute atomic E-state index is 3.86. The van der Waals surface area contributed by atoms with Crippen LogP contribution in [0.25, 0.3) is 0 Å². The van der Waals surface area contributed by atoms with Gasteiger partial charge in [0.25, 0.3) is 0 Å². The SMILES string of the molecule is CN(c1ccccc1NCP(C(C)(C)C)C(C)(C)C)c1ccccc1NCP(C(C)(C)C)C(C)(C)C. The summed E-state index contributed by atoms with van der Waals surface area (Å²) in [5, 5.41) is 8.87. The molecule has 0 fully saturated rings. The minimum absolute atomic E-state index is 0.234. The molecule has 0 aromatic heterocycles. The summed E-state index contributed by atoms with van der Waals surface area (Å²) in [4.78, 5) is 2.33. The van der Waals surface area contributed by atoms with Crippen LogP contribution in [0, 0.1) is 0 Å². The molecule has 0 amide bonds. The molecule has 0 radical (unpaired) electrons. The van der Waals surface area contributed by atoms with Crippen LogP contribution in [0.4, 0.5) is 22.7 Å². The molecule has 0 aliphatic rings. The summed E-state index contributed by atoms with van der Waals surface area (Å²) in [6.07, 6.45) is 2.02. The van der Waals surface area contributed by atoms with E-state index in [1.54, 1.807) is 0 Å². The van der Waals surface area contributed by atoms with Crippen molar-refractivity contribution in [3.63, 3.8) is 0 Å². The van der Waals surface area contributed by atoms with Crippen molar-refractivity contribution in [1.29, 1.82) is 0 Å². The van der Waals surface area contributed by atoms with E-state index in [1.807, 2.05) is 0 Å². The Kier molecular flexibility index (Phi) is 9.98. The summed E-state index contributed by atoms with van der Waals surface area (Å²) in [5.41, 5.74) is 4.81. The van der Waals surface area contributed by atoms with Crippen molar-refractivity contribution in [2.45, 2.75) is 104 Å². The lowest BCUT2D eigenvalue weighted by Gasteiger charge is -2.42. The van der Waals surface area contributed by atoms with Crippen molar-refractivity contribution in [1.82, 2.24) is 0 Å². The van der Waals surface area contributed by atoms with Crippen LogP contribution in [-0.4, -0.2) is 40.2 Å². The smallest absolute Gasteiger partial charge is 0.0644 e. The first-order valence-electron chi connectivity index (χ1n) is 13.3. The second kappa shape index (κ2) is 11.6. The first-order valence-corrected chi connectivity index (χ1v) is 16.3. The number of nitrogens with zero attached hydrogens (tertiary/aromatic N) is 1. The van der Waals surface area contributed by atoms with E-state index in [9.17, 15) is 0 Å². The fourth-order valence-electron chi connectivity index (χ4n) is 5.25. The summed E-state index contributed by atoms with van der Waals surface area (Å²) >= 11 is 0. The van der Waals surface area contributed by atoms with Crippen LogP contribution in [0.3, 0.4) is 0 Å². The van der Waals surface area contributed by atoms with Crippen molar-refractivity contribution in [3.8, 4) is 0 Å². The molecule has 2 N–H and O–H groups in total. The van der Waals surface area contributed by atoms with E-state index >= 15 is 0 Å². The van der Waals surface area contributed by atoms with Crippen molar-refractivity contribution >= 4 is 38.6 Å². The number of para-hydroxylation sites is 4. The van der Waals surface area contributed by atoms with E-state index in [1.165, 1.54) is 22.7 Å². The number of anilines is 4. The van der Waals surface area contributed by atoms with E-state index in [0.717, 1.165) is 12.6 Å². The molecule has 2 rings (SSSR count). The van der Waals surface area contributed by atoms with Gasteiger partial charge in [-0.25, -0.2) is 0 Å². The molecule has 0 aliphatic heterocycles. The molecular weight excluding hydrogens is 476 g/mol. The summed E-state index contributed by atoms with van der Waals surface area (Å²) in [6.45, 7) is 28.6. The fourth-order valence-corrected chi connectivity index (χ4v) is 11.8. The molecular formula is C31H53N3P2. The third-order valence-corrected chi connectivity index (χ3v) is 14.1. The van der Waals surface area contributed by atoms with E-state index in [0.29, 0.717) is 0 Å². The van der Waals surface area contributed by atoms with Crippen LogP contribution < -0.4 is 15.5 Å². The van der Waals surface area contributed by atoms with Gasteiger partial charge in [0.05, 0.1) is 22.7 Å². The highest BCUT2D eigenvalue weighted by Crippen LogP contribution is 2.60. The van der Waals surface area contributed by atoms with Gasteiger partial charge in [0.1, 0.15) is 0 Å². The standard InChI is InChI=1S/C31H53N3P2/c1-28(2,3)35(29(4,5)6)22-32-24-18-14-16-20-26(24)34(13)27-21-17-15-19-25(27)33-23-36(30(7,8)9)31(10,11)12/h14-21,32-33H,22-23H2,1-13H3. The third-order valence-electron chi connectivity index (χ3n) is 6.63. The van der Waals surface area contributed by atoms with Gasteiger partial charge in [-0.15, -0.1) is 0 Å². The molecule has 0 aliphatic carbocycles. The highest BCUT2D eigenvalue weighted by atomic mass is 31.1. The lowest BCUT2D eigenvalue weighted by Crippen LogP contribution is -2.29. The lowest BCUT2D eigenvalue weighted by molar-refractivity contribution is 0.705. The highest BCUT2D eigenvalue weighted by Gasteiger charge is 2.35. The van der Waals surface area contributed by atoms with Gasteiger partial charge in [-0.1, -0.05) is 123 Å². The zero-order valence-electron chi connectivity index (χ0n) is 25.4. The normalized spacial score (nSPS) is 13.3. The molecule has 3 nitrogen and oxygen atoms in total. The number of nitrogens with one attached hydrogen (secondary N) is 2. The Hall–Kier alpha value is -1.30. The average molecular weight is 530 g/mol. The largest absolute Gasteiger partial charge is 0.379 e. The van der Waals surface area contributed by atoms with Crippen LogP contribution >= 0.6 is 15.8 Å². The summed E-state index contributed by atoms with van der Waals surface area (Å²) in [7, 11) is 1.72. The van der Waals surface area contributed by atoms with E-state index in [-0.39, 0.29) is 36.5 Å².